The lowest BCUT2D eigenvalue weighted by atomic mass is 9.94. The number of carbonyl (C=O) groups is 1. The first kappa shape index (κ1) is 18.7. The number of methoxy groups -OCH3 is 1. The molecule has 1 atom stereocenters. The van der Waals surface area contributed by atoms with Crippen LogP contribution in [0.15, 0.2) is 59.8 Å². The lowest BCUT2D eigenvalue weighted by Crippen LogP contribution is -2.31. The van der Waals surface area contributed by atoms with Gasteiger partial charge in [-0.1, -0.05) is 48.4 Å². The summed E-state index contributed by atoms with van der Waals surface area (Å²) < 4.78 is 6.99. The number of nitrogens with zero attached hydrogens (tertiary/aromatic N) is 4. The van der Waals surface area contributed by atoms with Crippen molar-refractivity contribution in [2.75, 3.05) is 17.7 Å². The zero-order valence-electron chi connectivity index (χ0n) is 16.5. The van der Waals surface area contributed by atoms with Gasteiger partial charge in [0.05, 0.1) is 18.4 Å². The summed E-state index contributed by atoms with van der Waals surface area (Å²) in [6.07, 6.45) is 0.943. The minimum Gasteiger partial charge on any atom is -0.495 e. The molecule has 0 bridgehead atoms. The summed E-state index contributed by atoms with van der Waals surface area (Å²) in [5, 5.41) is 18.0. The second kappa shape index (κ2) is 7.75. The maximum absolute atomic E-state index is 13.3. The zero-order valence-corrected chi connectivity index (χ0v) is 16.5. The molecule has 0 unspecified atom stereocenters. The molecule has 8 heteroatoms. The highest BCUT2D eigenvalue weighted by atomic mass is 16.5. The van der Waals surface area contributed by atoms with E-state index in [0.717, 1.165) is 12.0 Å². The Balaban J connectivity index is 1.75. The van der Waals surface area contributed by atoms with Crippen LogP contribution in [-0.4, -0.2) is 33.2 Å². The SMILES string of the molecule is CCc1ccc([C@H]2C(C(=O)Nc3ccccc3OC)=C(C)Nc3nnnn32)cc1. The van der Waals surface area contributed by atoms with E-state index in [-0.39, 0.29) is 5.91 Å². The summed E-state index contributed by atoms with van der Waals surface area (Å²) >= 11 is 0. The highest BCUT2D eigenvalue weighted by molar-refractivity contribution is 6.06. The second-order valence-corrected chi connectivity index (χ2v) is 6.76. The number of fused-ring (bicyclic) bond motifs is 1. The molecule has 1 amide bonds. The fraction of sp³-hybridized carbons (Fsp3) is 0.238. The summed E-state index contributed by atoms with van der Waals surface area (Å²) in [5.74, 6) is 0.848. The maximum atomic E-state index is 13.3. The zero-order chi connectivity index (χ0) is 20.4. The van der Waals surface area contributed by atoms with Crippen LogP contribution >= 0.6 is 0 Å². The summed E-state index contributed by atoms with van der Waals surface area (Å²) in [6.45, 7) is 3.96. The highest BCUT2D eigenvalue weighted by Gasteiger charge is 2.34. The number of anilines is 2. The first-order valence-corrected chi connectivity index (χ1v) is 9.41. The predicted octanol–water partition coefficient (Wildman–Crippen LogP) is 3.17. The molecule has 0 fully saturated rings. The molecule has 0 radical (unpaired) electrons. The van der Waals surface area contributed by atoms with E-state index in [2.05, 4.69) is 45.2 Å². The molecule has 0 saturated heterocycles. The Hall–Kier alpha value is -3.68. The van der Waals surface area contributed by atoms with Crippen molar-refractivity contribution in [3.05, 3.63) is 70.9 Å². The lowest BCUT2D eigenvalue weighted by Gasteiger charge is -2.28. The van der Waals surface area contributed by atoms with E-state index in [4.69, 9.17) is 4.74 Å². The van der Waals surface area contributed by atoms with Crippen LogP contribution in [0.4, 0.5) is 11.6 Å². The molecular weight excluding hydrogens is 368 g/mol. The van der Waals surface area contributed by atoms with E-state index in [0.29, 0.717) is 28.7 Å². The Kier molecular flexibility index (Phi) is 4.99. The van der Waals surface area contributed by atoms with E-state index in [1.807, 2.05) is 31.2 Å². The maximum Gasteiger partial charge on any atom is 0.255 e. The first-order chi connectivity index (χ1) is 14.1. The van der Waals surface area contributed by atoms with Gasteiger partial charge in [0.2, 0.25) is 5.95 Å². The van der Waals surface area contributed by atoms with E-state index < -0.39 is 6.04 Å². The second-order valence-electron chi connectivity index (χ2n) is 6.76. The number of rotatable bonds is 5. The molecule has 1 aliphatic rings. The van der Waals surface area contributed by atoms with Crippen LogP contribution < -0.4 is 15.4 Å². The van der Waals surface area contributed by atoms with Crippen LogP contribution in [0, 0.1) is 0 Å². The molecule has 2 heterocycles. The number of allylic oxidation sites excluding steroid dienone is 1. The summed E-state index contributed by atoms with van der Waals surface area (Å²) in [7, 11) is 1.57. The molecule has 8 nitrogen and oxygen atoms in total. The van der Waals surface area contributed by atoms with Crippen LogP contribution in [0.5, 0.6) is 5.75 Å². The van der Waals surface area contributed by atoms with Crippen LogP contribution in [0.25, 0.3) is 0 Å². The number of para-hydroxylation sites is 2. The topological polar surface area (TPSA) is 94.0 Å². The van der Waals surface area contributed by atoms with Crippen molar-refractivity contribution in [1.82, 2.24) is 20.2 Å². The number of tetrazole rings is 1. The van der Waals surface area contributed by atoms with E-state index in [9.17, 15) is 4.79 Å². The van der Waals surface area contributed by atoms with Gasteiger partial charge in [-0.2, -0.15) is 4.68 Å². The lowest BCUT2D eigenvalue weighted by molar-refractivity contribution is -0.113. The number of amides is 1. The van der Waals surface area contributed by atoms with Crippen LogP contribution in [-0.2, 0) is 11.2 Å². The molecule has 4 rings (SSSR count). The molecule has 1 aromatic heterocycles. The number of benzene rings is 2. The summed E-state index contributed by atoms with van der Waals surface area (Å²) in [5.41, 5.74) is 3.99. The third-order valence-electron chi connectivity index (χ3n) is 5.02. The van der Waals surface area contributed by atoms with Crippen molar-refractivity contribution < 1.29 is 9.53 Å². The molecule has 29 heavy (non-hydrogen) atoms. The van der Waals surface area contributed by atoms with E-state index in [1.165, 1.54) is 5.56 Å². The normalized spacial score (nSPS) is 15.5. The number of ether oxygens (including phenoxy) is 1. The predicted molar refractivity (Wildman–Crippen MR) is 110 cm³/mol. The van der Waals surface area contributed by atoms with Gasteiger partial charge in [0.1, 0.15) is 11.8 Å². The van der Waals surface area contributed by atoms with Crippen molar-refractivity contribution >= 4 is 17.5 Å². The fourth-order valence-corrected chi connectivity index (χ4v) is 3.49. The Morgan fingerprint density at radius 3 is 2.69 bits per heavy atom. The molecule has 3 aromatic rings. The molecular formula is C21H22N6O2. The molecule has 2 N–H and O–H groups in total. The van der Waals surface area contributed by atoms with Crippen molar-refractivity contribution in [2.45, 2.75) is 26.3 Å². The number of hydrogen-bond donors (Lipinski definition) is 2. The van der Waals surface area contributed by atoms with Gasteiger partial charge in [-0.15, -0.1) is 0 Å². The largest absolute Gasteiger partial charge is 0.495 e. The fourth-order valence-electron chi connectivity index (χ4n) is 3.49. The molecule has 1 aliphatic heterocycles. The van der Waals surface area contributed by atoms with Gasteiger partial charge in [-0.05, 0) is 47.0 Å². The number of aryl methyl sites for hydroxylation is 1. The van der Waals surface area contributed by atoms with Crippen molar-refractivity contribution in [3.8, 4) is 5.75 Å². The average Bonchev–Trinajstić information content (AvgIpc) is 3.21. The van der Waals surface area contributed by atoms with Crippen LogP contribution in [0.2, 0.25) is 0 Å². The Morgan fingerprint density at radius 2 is 1.97 bits per heavy atom. The Labute approximate surface area is 168 Å². The Morgan fingerprint density at radius 1 is 1.21 bits per heavy atom. The molecule has 2 aromatic carbocycles. The summed E-state index contributed by atoms with van der Waals surface area (Å²) in [4.78, 5) is 13.3. The summed E-state index contributed by atoms with van der Waals surface area (Å²) in [6, 6.07) is 15.0. The number of nitrogens with one attached hydrogen (secondary N) is 2. The minimum atomic E-state index is -0.443. The van der Waals surface area contributed by atoms with Gasteiger partial charge in [-0.25, -0.2) is 0 Å². The number of carbonyl (C=O) groups excluding carboxylic acids is 1. The minimum absolute atomic E-state index is 0.245. The monoisotopic (exact) mass is 390 g/mol. The number of aromatic nitrogens is 4. The Bertz CT molecular complexity index is 1070. The molecule has 0 spiro atoms. The quantitative estimate of drug-likeness (QED) is 0.695. The van der Waals surface area contributed by atoms with E-state index >= 15 is 0 Å². The van der Waals surface area contributed by atoms with Crippen molar-refractivity contribution in [3.63, 3.8) is 0 Å². The van der Waals surface area contributed by atoms with Crippen molar-refractivity contribution in [1.29, 1.82) is 0 Å². The third-order valence-corrected chi connectivity index (χ3v) is 5.02. The van der Waals surface area contributed by atoms with Gasteiger partial charge in [0.25, 0.3) is 5.91 Å². The van der Waals surface area contributed by atoms with Gasteiger partial charge < -0.3 is 15.4 Å². The third kappa shape index (κ3) is 3.44. The standard InChI is InChI=1S/C21H22N6O2/c1-4-14-9-11-15(12-10-14)19-18(13(2)22-21-24-25-26-27(19)21)20(28)23-16-7-5-6-8-17(16)29-3/h5-12,19H,4H2,1-3H3,(H,23,28)(H,22,24,26)/t19-/m0/s1. The van der Waals surface area contributed by atoms with E-state index in [1.54, 1.807) is 23.9 Å². The van der Waals surface area contributed by atoms with Crippen LogP contribution in [0.1, 0.15) is 31.0 Å². The smallest absolute Gasteiger partial charge is 0.255 e. The number of hydrogen-bond acceptors (Lipinski definition) is 6. The first-order valence-electron chi connectivity index (χ1n) is 9.41. The molecule has 0 aliphatic carbocycles. The average molecular weight is 390 g/mol. The van der Waals surface area contributed by atoms with Gasteiger partial charge in [-0.3, -0.25) is 4.79 Å². The van der Waals surface area contributed by atoms with Crippen molar-refractivity contribution in [2.24, 2.45) is 0 Å². The van der Waals surface area contributed by atoms with Crippen LogP contribution in [0.3, 0.4) is 0 Å². The highest BCUT2D eigenvalue weighted by Crippen LogP contribution is 2.35. The van der Waals surface area contributed by atoms with Gasteiger partial charge in [0.15, 0.2) is 0 Å². The van der Waals surface area contributed by atoms with Gasteiger partial charge >= 0.3 is 0 Å². The molecule has 148 valence electrons. The molecule has 0 saturated carbocycles. The van der Waals surface area contributed by atoms with Gasteiger partial charge in [0, 0.05) is 5.70 Å².